The summed E-state index contributed by atoms with van der Waals surface area (Å²) in [5.41, 5.74) is 5.52. The molecule has 0 amide bonds. The summed E-state index contributed by atoms with van der Waals surface area (Å²) in [6, 6.07) is 1.90. The summed E-state index contributed by atoms with van der Waals surface area (Å²) in [6.45, 7) is 0. The van der Waals surface area contributed by atoms with Crippen LogP contribution < -0.4 is 5.73 Å². The van der Waals surface area contributed by atoms with E-state index in [-0.39, 0.29) is 12.1 Å². The highest BCUT2D eigenvalue weighted by Gasteiger charge is 2.24. The van der Waals surface area contributed by atoms with Crippen molar-refractivity contribution in [3.63, 3.8) is 0 Å². The van der Waals surface area contributed by atoms with Gasteiger partial charge >= 0.3 is 0 Å². The van der Waals surface area contributed by atoms with Crippen LogP contribution in [0.25, 0.3) is 0 Å². The number of nitrogens with zero attached hydrogens (tertiary/aromatic N) is 2. The van der Waals surface area contributed by atoms with Crippen molar-refractivity contribution in [3.05, 3.63) is 12.3 Å². The van der Waals surface area contributed by atoms with Gasteiger partial charge in [0.15, 0.2) is 0 Å². The molecule has 1 aromatic heterocycles. The molecular weight excluding hydrogens is 166 g/mol. The third-order valence-electron chi connectivity index (χ3n) is 2.66. The Morgan fingerprint density at radius 2 is 2.23 bits per heavy atom. The van der Waals surface area contributed by atoms with E-state index in [1.807, 2.05) is 6.20 Å². The molecule has 13 heavy (non-hydrogen) atoms. The average Bonchev–Trinajstić information content (AvgIpc) is 2.53. The standard InChI is InChI=1S/C9H15N3O/c10-9-5-6-12(11-9)7-3-1-2-4-8(7)13/h5-8,13H,1-4H2,(H2,10,11). The van der Waals surface area contributed by atoms with Crippen molar-refractivity contribution < 1.29 is 5.11 Å². The summed E-state index contributed by atoms with van der Waals surface area (Å²) in [7, 11) is 0. The number of aromatic nitrogens is 2. The van der Waals surface area contributed by atoms with Gasteiger partial charge in [-0.05, 0) is 18.9 Å². The Morgan fingerprint density at radius 3 is 2.85 bits per heavy atom. The Balaban J connectivity index is 2.14. The number of hydrogen-bond donors (Lipinski definition) is 2. The van der Waals surface area contributed by atoms with Gasteiger partial charge in [0, 0.05) is 6.20 Å². The van der Waals surface area contributed by atoms with E-state index in [2.05, 4.69) is 5.10 Å². The zero-order valence-corrected chi connectivity index (χ0v) is 7.56. The van der Waals surface area contributed by atoms with Gasteiger partial charge in [-0.1, -0.05) is 12.8 Å². The lowest BCUT2D eigenvalue weighted by molar-refractivity contribution is 0.0696. The summed E-state index contributed by atoms with van der Waals surface area (Å²) < 4.78 is 1.79. The van der Waals surface area contributed by atoms with Gasteiger partial charge in [0.05, 0.1) is 12.1 Å². The van der Waals surface area contributed by atoms with Crippen molar-refractivity contribution in [3.8, 4) is 0 Å². The maximum atomic E-state index is 9.73. The molecule has 72 valence electrons. The van der Waals surface area contributed by atoms with Gasteiger partial charge in [0.25, 0.3) is 0 Å². The number of nitrogen functional groups attached to an aromatic ring is 1. The molecule has 0 radical (unpaired) electrons. The predicted octanol–water partition coefficient (Wildman–Crippen LogP) is 0.941. The van der Waals surface area contributed by atoms with Crippen LogP contribution in [0.4, 0.5) is 5.82 Å². The highest BCUT2D eigenvalue weighted by molar-refractivity contribution is 5.24. The molecule has 1 saturated carbocycles. The van der Waals surface area contributed by atoms with Gasteiger partial charge < -0.3 is 10.8 Å². The monoisotopic (exact) mass is 181 g/mol. The Bertz CT molecular complexity index is 284. The molecule has 2 atom stereocenters. The van der Waals surface area contributed by atoms with Crippen LogP contribution >= 0.6 is 0 Å². The molecule has 2 unspecified atom stereocenters. The van der Waals surface area contributed by atoms with Gasteiger partial charge in [-0.2, -0.15) is 5.10 Å². The van der Waals surface area contributed by atoms with Crippen molar-refractivity contribution in [1.82, 2.24) is 9.78 Å². The number of anilines is 1. The fourth-order valence-electron chi connectivity index (χ4n) is 1.94. The molecular formula is C9H15N3O. The Morgan fingerprint density at radius 1 is 1.46 bits per heavy atom. The zero-order valence-electron chi connectivity index (χ0n) is 7.56. The molecule has 1 heterocycles. The van der Waals surface area contributed by atoms with E-state index in [1.165, 1.54) is 6.42 Å². The first kappa shape index (κ1) is 8.56. The third kappa shape index (κ3) is 1.67. The minimum absolute atomic E-state index is 0.131. The number of aliphatic hydroxyl groups is 1. The lowest BCUT2D eigenvalue weighted by Gasteiger charge is -2.27. The minimum Gasteiger partial charge on any atom is -0.391 e. The predicted molar refractivity (Wildman–Crippen MR) is 50.2 cm³/mol. The van der Waals surface area contributed by atoms with Crippen LogP contribution in [0.2, 0.25) is 0 Å². The van der Waals surface area contributed by atoms with Gasteiger partial charge in [0.2, 0.25) is 0 Å². The quantitative estimate of drug-likeness (QED) is 0.677. The number of nitrogens with two attached hydrogens (primary N) is 1. The molecule has 0 aliphatic heterocycles. The van der Waals surface area contributed by atoms with Crippen molar-refractivity contribution in [2.45, 2.75) is 37.8 Å². The second-order valence-electron chi connectivity index (χ2n) is 3.64. The van der Waals surface area contributed by atoms with Gasteiger partial charge in [-0.15, -0.1) is 0 Å². The third-order valence-corrected chi connectivity index (χ3v) is 2.66. The van der Waals surface area contributed by atoms with Crippen molar-refractivity contribution in [2.75, 3.05) is 5.73 Å². The number of aliphatic hydroxyl groups excluding tert-OH is 1. The first-order chi connectivity index (χ1) is 6.27. The van der Waals surface area contributed by atoms with E-state index >= 15 is 0 Å². The van der Waals surface area contributed by atoms with Crippen LogP contribution in [0.3, 0.4) is 0 Å². The second kappa shape index (κ2) is 3.38. The summed E-state index contributed by atoms with van der Waals surface area (Å²) in [5, 5.41) is 13.8. The molecule has 1 aliphatic rings. The Kier molecular flexibility index (Phi) is 2.22. The molecule has 1 fully saturated rings. The lowest BCUT2D eigenvalue weighted by atomic mass is 9.93. The number of hydrogen-bond acceptors (Lipinski definition) is 3. The van der Waals surface area contributed by atoms with Crippen LogP contribution in [0.5, 0.6) is 0 Å². The van der Waals surface area contributed by atoms with E-state index in [0.717, 1.165) is 19.3 Å². The number of rotatable bonds is 1. The normalized spacial score (nSPS) is 29.0. The summed E-state index contributed by atoms with van der Waals surface area (Å²) in [4.78, 5) is 0. The topological polar surface area (TPSA) is 64.1 Å². The smallest absolute Gasteiger partial charge is 0.145 e. The van der Waals surface area contributed by atoms with E-state index in [0.29, 0.717) is 5.82 Å². The van der Waals surface area contributed by atoms with Gasteiger partial charge in [-0.3, -0.25) is 4.68 Å². The fourth-order valence-corrected chi connectivity index (χ4v) is 1.94. The zero-order chi connectivity index (χ0) is 9.26. The van der Waals surface area contributed by atoms with Crippen molar-refractivity contribution >= 4 is 5.82 Å². The minimum atomic E-state index is -0.256. The lowest BCUT2D eigenvalue weighted by Crippen LogP contribution is -2.27. The largest absolute Gasteiger partial charge is 0.391 e. The van der Waals surface area contributed by atoms with Crippen LogP contribution in [0.1, 0.15) is 31.7 Å². The van der Waals surface area contributed by atoms with Gasteiger partial charge in [-0.25, -0.2) is 0 Å². The molecule has 1 aliphatic carbocycles. The van der Waals surface area contributed by atoms with Crippen LogP contribution in [0.15, 0.2) is 12.3 Å². The molecule has 0 aromatic carbocycles. The highest BCUT2D eigenvalue weighted by atomic mass is 16.3. The van der Waals surface area contributed by atoms with Crippen LogP contribution in [0, 0.1) is 0 Å². The first-order valence-electron chi connectivity index (χ1n) is 4.76. The van der Waals surface area contributed by atoms with E-state index in [4.69, 9.17) is 5.73 Å². The van der Waals surface area contributed by atoms with Crippen molar-refractivity contribution in [1.29, 1.82) is 0 Å². The van der Waals surface area contributed by atoms with Gasteiger partial charge in [0.1, 0.15) is 5.82 Å². The Labute approximate surface area is 77.4 Å². The molecule has 0 spiro atoms. The molecule has 1 aromatic rings. The molecule has 4 heteroatoms. The fraction of sp³-hybridized carbons (Fsp3) is 0.667. The van der Waals surface area contributed by atoms with Crippen LogP contribution in [-0.2, 0) is 0 Å². The van der Waals surface area contributed by atoms with E-state index in [9.17, 15) is 5.11 Å². The summed E-state index contributed by atoms with van der Waals surface area (Å²) in [6.07, 6.45) is 5.75. The maximum Gasteiger partial charge on any atom is 0.145 e. The second-order valence-corrected chi connectivity index (χ2v) is 3.64. The SMILES string of the molecule is Nc1ccn(C2CCCCC2O)n1. The summed E-state index contributed by atoms with van der Waals surface area (Å²) in [5.74, 6) is 0.526. The molecule has 0 bridgehead atoms. The molecule has 0 saturated heterocycles. The molecule has 2 rings (SSSR count). The van der Waals surface area contributed by atoms with Crippen molar-refractivity contribution in [2.24, 2.45) is 0 Å². The average molecular weight is 181 g/mol. The molecule has 4 nitrogen and oxygen atoms in total. The maximum absolute atomic E-state index is 9.73. The summed E-state index contributed by atoms with van der Waals surface area (Å²) >= 11 is 0. The first-order valence-corrected chi connectivity index (χ1v) is 4.76. The van der Waals surface area contributed by atoms with E-state index < -0.39 is 0 Å². The Hall–Kier alpha value is -1.03. The van der Waals surface area contributed by atoms with Crippen LogP contribution in [-0.4, -0.2) is 21.0 Å². The molecule has 3 N–H and O–H groups in total. The van der Waals surface area contributed by atoms with E-state index in [1.54, 1.807) is 10.7 Å². The highest BCUT2D eigenvalue weighted by Crippen LogP contribution is 2.28.